The fraction of sp³-hybridized carbons (Fsp3) is 0.286. The molecule has 0 bridgehead atoms. The highest BCUT2D eigenvalue weighted by Gasteiger charge is 2.39. The molecule has 0 unspecified atom stereocenters. The first-order chi connectivity index (χ1) is 12.9. The van der Waals surface area contributed by atoms with Crippen LogP contribution in [0.3, 0.4) is 0 Å². The summed E-state index contributed by atoms with van der Waals surface area (Å²) in [7, 11) is 3.17. The van der Waals surface area contributed by atoms with Crippen LogP contribution in [0.2, 0.25) is 0 Å². The molecule has 0 aliphatic carbocycles. The normalized spacial score (nSPS) is 15.1. The fourth-order valence-electron chi connectivity index (χ4n) is 3.12. The van der Waals surface area contributed by atoms with Crippen molar-refractivity contribution >= 4 is 11.6 Å². The van der Waals surface area contributed by atoms with Crippen LogP contribution in [0.5, 0.6) is 11.5 Å². The number of hydrogen-bond acceptors (Lipinski definition) is 5. The summed E-state index contributed by atoms with van der Waals surface area (Å²) in [6.07, 6.45) is 0.603. The first-order valence-electron chi connectivity index (χ1n) is 8.54. The summed E-state index contributed by atoms with van der Waals surface area (Å²) in [4.78, 5) is 13.0. The van der Waals surface area contributed by atoms with Gasteiger partial charge in [0.05, 0.1) is 37.1 Å². The van der Waals surface area contributed by atoms with Gasteiger partial charge < -0.3 is 9.47 Å². The summed E-state index contributed by atoms with van der Waals surface area (Å²) in [5.74, 6) is 1.02. The Morgan fingerprint density at radius 3 is 2.56 bits per heavy atom. The van der Waals surface area contributed by atoms with Crippen molar-refractivity contribution in [3.8, 4) is 17.6 Å². The van der Waals surface area contributed by atoms with E-state index in [0.29, 0.717) is 29.0 Å². The molecule has 0 radical (unpaired) electrons. The van der Waals surface area contributed by atoms with E-state index in [1.165, 1.54) is 5.01 Å². The topological polar surface area (TPSA) is 74.9 Å². The van der Waals surface area contributed by atoms with Gasteiger partial charge >= 0.3 is 0 Å². The van der Waals surface area contributed by atoms with Crippen molar-refractivity contribution in [1.82, 2.24) is 5.01 Å². The highest BCUT2D eigenvalue weighted by Crippen LogP contribution is 2.34. The molecule has 1 aliphatic heterocycles. The molecule has 3 rings (SSSR count). The molecule has 138 valence electrons. The minimum atomic E-state index is -0.484. The molecule has 27 heavy (non-hydrogen) atoms. The quantitative estimate of drug-likeness (QED) is 0.832. The van der Waals surface area contributed by atoms with E-state index in [2.05, 4.69) is 11.2 Å². The van der Waals surface area contributed by atoms with Gasteiger partial charge in [-0.3, -0.25) is 4.79 Å². The standard InChI is InChI=1S/C21H21N3O3/c1-21(2)12-17(15-8-9-18(26-3)19(11-15)27-4)23-24(21)20(25)16-7-5-6-14(10-16)13-22/h5-11H,12H2,1-4H3. The maximum atomic E-state index is 13.0. The predicted octanol–water partition coefficient (Wildman–Crippen LogP) is 3.60. The Bertz CT molecular complexity index is 957. The van der Waals surface area contributed by atoms with Crippen molar-refractivity contribution in [2.45, 2.75) is 25.8 Å². The number of carbonyl (C=O) groups is 1. The van der Waals surface area contributed by atoms with Crippen LogP contribution in [0.15, 0.2) is 47.6 Å². The Morgan fingerprint density at radius 2 is 1.89 bits per heavy atom. The summed E-state index contributed by atoms with van der Waals surface area (Å²) < 4.78 is 10.6. The number of carbonyl (C=O) groups excluding carboxylic acids is 1. The number of benzene rings is 2. The third-order valence-corrected chi connectivity index (χ3v) is 4.54. The van der Waals surface area contributed by atoms with Crippen molar-refractivity contribution in [3.05, 3.63) is 59.2 Å². The van der Waals surface area contributed by atoms with Gasteiger partial charge in [0.2, 0.25) is 0 Å². The lowest BCUT2D eigenvalue weighted by atomic mass is 9.94. The number of amides is 1. The van der Waals surface area contributed by atoms with E-state index in [1.54, 1.807) is 38.5 Å². The van der Waals surface area contributed by atoms with Crippen molar-refractivity contribution < 1.29 is 14.3 Å². The number of nitrogens with zero attached hydrogens (tertiary/aromatic N) is 3. The first-order valence-corrected chi connectivity index (χ1v) is 8.54. The largest absolute Gasteiger partial charge is 0.493 e. The summed E-state index contributed by atoms with van der Waals surface area (Å²) >= 11 is 0. The molecule has 6 heteroatoms. The van der Waals surface area contributed by atoms with E-state index in [9.17, 15) is 4.79 Å². The molecule has 0 N–H and O–H groups in total. The molecule has 1 amide bonds. The van der Waals surface area contributed by atoms with Gasteiger partial charge in [-0.05, 0) is 50.2 Å². The molecule has 0 saturated heterocycles. The van der Waals surface area contributed by atoms with Gasteiger partial charge in [-0.15, -0.1) is 0 Å². The molecule has 0 atom stereocenters. The van der Waals surface area contributed by atoms with Gasteiger partial charge in [-0.2, -0.15) is 10.4 Å². The van der Waals surface area contributed by atoms with Gasteiger partial charge in [0.15, 0.2) is 11.5 Å². The monoisotopic (exact) mass is 363 g/mol. The fourth-order valence-corrected chi connectivity index (χ4v) is 3.12. The average molecular weight is 363 g/mol. The zero-order valence-corrected chi connectivity index (χ0v) is 15.8. The second-order valence-corrected chi connectivity index (χ2v) is 6.92. The second-order valence-electron chi connectivity index (χ2n) is 6.92. The number of hydrazone groups is 1. The van der Waals surface area contributed by atoms with E-state index in [1.807, 2.05) is 32.0 Å². The summed E-state index contributed by atoms with van der Waals surface area (Å²) in [6, 6.07) is 14.3. The van der Waals surface area contributed by atoms with Crippen LogP contribution in [-0.4, -0.2) is 36.4 Å². The second kappa shape index (κ2) is 7.12. The zero-order chi connectivity index (χ0) is 19.6. The highest BCUT2D eigenvalue weighted by atomic mass is 16.5. The molecule has 2 aromatic carbocycles. The first kappa shape index (κ1) is 18.5. The van der Waals surface area contributed by atoms with Crippen LogP contribution >= 0.6 is 0 Å². The number of ether oxygens (including phenoxy) is 2. The van der Waals surface area contributed by atoms with Gasteiger partial charge in [0.1, 0.15) is 0 Å². The van der Waals surface area contributed by atoms with Crippen LogP contribution < -0.4 is 9.47 Å². The Kier molecular flexibility index (Phi) is 4.87. The van der Waals surface area contributed by atoms with E-state index >= 15 is 0 Å². The molecule has 0 spiro atoms. The molecule has 0 aromatic heterocycles. The lowest BCUT2D eigenvalue weighted by molar-refractivity contribution is 0.0612. The van der Waals surface area contributed by atoms with Crippen LogP contribution in [0.4, 0.5) is 0 Å². The number of nitriles is 1. The third kappa shape index (κ3) is 3.49. The molecule has 1 aliphatic rings. The van der Waals surface area contributed by atoms with Crippen LogP contribution in [-0.2, 0) is 0 Å². The SMILES string of the molecule is COc1ccc(C2=NN(C(=O)c3cccc(C#N)c3)C(C)(C)C2)cc1OC. The molecule has 1 heterocycles. The van der Waals surface area contributed by atoms with Gasteiger partial charge in [0, 0.05) is 17.5 Å². The molecule has 6 nitrogen and oxygen atoms in total. The summed E-state index contributed by atoms with van der Waals surface area (Å²) in [5, 5.41) is 15.2. The van der Waals surface area contributed by atoms with Crippen molar-refractivity contribution in [2.24, 2.45) is 5.10 Å². The molecule has 0 fully saturated rings. The number of hydrogen-bond donors (Lipinski definition) is 0. The maximum absolute atomic E-state index is 13.0. The van der Waals surface area contributed by atoms with E-state index in [4.69, 9.17) is 14.7 Å². The Labute approximate surface area is 158 Å². The minimum Gasteiger partial charge on any atom is -0.493 e. The van der Waals surface area contributed by atoms with Crippen molar-refractivity contribution in [1.29, 1.82) is 5.26 Å². The van der Waals surface area contributed by atoms with Crippen LogP contribution in [0.25, 0.3) is 0 Å². The predicted molar refractivity (Wildman–Crippen MR) is 102 cm³/mol. The lowest BCUT2D eigenvalue weighted by Gasteiger charge is -2.28. The molecule has 0 saturated carbocycles. The molecular weight excluding hydrogens is 342 g/mol. The van der Waals surface area contributed by atoms with Crippen LogP contribution in [0.1, 0.15) is 41.8 Å². The van der Waals surface area contributed by atoms with E-state index in [0.717, 1.165) is 11.3 Å². The van der Waals surface area contributed by atoms with E-state index in [-0.39, 0.29) is 5.91 Å². The number of methoxy groups -OCH3 is 2. The van der Waals surface area contributed by atoms with Crippen LogP contribution in [0, 0.1) is 11.3 Å². The van der Waals surface area contributed by atoms with Gasteiger partial charge in [0.25, 0.3) is 5.91 Å². The summed E-state index contributed by atoms with van der Waals surface area (Å²) in [6.45, 7) is 3.94. The minimum absolute atomic E-state index is 0.229. The van der Waals surface area contributed by atoms with Gasteiger partial charge in [-0.25, -0.2) is 5.01 Å². The number of rotatable bonds is 4. The van der Waals surface area contributed by atoms with Gasteiger partial charge in [-0.1, -0.05) is 6.07 Å². The zero-order valence-electron chi connectivity index (χ0n) is 15.8. The van der Waals surface area contributed by atoms with Crippen molar-refractivity contribution in [2.75, 3.05) is 14.2 Å². The maximum Gasteiger partial charge on any atom is 0.274 e. The molecule has 2 aromatic rings. The Balaban J connectivity index is 1.96. The summed E-state index contributed by atoms with van der Waals surface area (Å²) in [5.41, 5.74) is 2.08. The lowest BCUT2D eigenvalue weighted by Crippen LogP contribution is -2.40. The smallest absolute Gasteiger partial charge is 0.274 e. The Hall–Kier alpha value is -3.33. The van der Waals surface area contributed by atoms with Crippen molar-refractivity contribution in [3.63, 3.8) is 0 Å². The third-order valence-electron chi connectivity index (χ3n) is 4.54. The molecular formula is C21H21N3O3. The highest BCUT2D eigenvalue weighted by molar-refractivity contribution is 6.05. The van der Waals surface area contributed by atoms with E-state index < -0.39 is 5.54 Å². The Morgan fingerprint density at radius 1 is 1.15 bits per heavy atom. The average Bonchev–Trinajstić information content (AvgIpc) is 3.01.